The Morgan fingerprint density at radius 2 is 2.05 bits per heavy atom. The van der Waals surface area contributed by atoms with Crippen LogP contribution in [0.4, 0.5) is 0 Å². The van der Waals surface area contributed by atoms with Crippen molar-refractivity contribution in [2.45, 2.75) is 32.9 Å². The van der Waals surface area contributed by atoms with E-state index in [2.05, 4.69) is 24.2 Å². The van der Waals surface area contributed by atoms with E-state index in [1.165, 1.54) is 0 Å². The van der Waals surface area contributed by atoms with Gasteiger partial charge in [-0.15, -0.1) is 17.0 Å². The summed E-state index contributed by atoms with van der Waals surface area (Å²) in [4.78, 5) is 4.31. The second kappa shape index (κ2) is 9.47. The van der Waals surface area contributed by atoms with Gasteiger partial charge in [0.1, 0.15) is 11.5 Å². The molecule has 0 aliphatic heterocycles. The first-order valence-electron chi connectivity index (χ1n) is 6.38. The summed E-state index contributed by atoms with van der Waals surface area (Å²) in [6.07, 6.45) is 0.999. The largest absolute Gasteiger partial charge is 0.497 e. The van der Waals surface area contributed by atoms with Crippen LogP contribution in [0.5, 0.6) is 11.5 Å². The summed E-state index contributed by atoms with van der Waals surface area (Å²) in [7, 11) is 3.27. The van der Waals surface area contributed by atoms with Gasteiger partial charge in [0.2, 0.25) is 0 Å². The molecule has 1 unspecified atom stereocenters. The van der Waals surface area contributed by atoms with Gasteiger partial charge in [-0.3, -0.25) is 0 Å². The third-order valence-electron chi connectivity index (χ3n) is 2.91. The van der Waals surface area contributed by atoms with Gasteiger partial charge in [-0.25, -0.2) is 4.99 Å². The summed E-state index contributed by atoms with van der Waals surface area (Å²) >= 11 is 0. The van der Waals surface area contributed by atoms with Crippen LogP contribution in [0.2, 0.25) is 0 Å². The molecule has 114 valence electrons. The molecule has 1 atom stereocenters. The smallest absolute Gasteiger partial charge is 0.189 e. The Kier molecular flexibility index (Phi) is 8.79. The first-order chi connectivity index (χ1) is 9.10. The van der Waals surface area contributed by atoms with Crippen LogP contribution in [0.3, 0.4) is 0 Å². The summed E-state index contributed by atoms with van der Waals surface area (Å²) in [6.45, 7) is 4.61. The molecule has 0 fully saturated rings. The van der Waals surface area contributed by atoms with Gasteiger partial charge in [0.05, 0.1) is 20.8 Å². The normalized spacial score (nSPS) is 12.3. The molecule has 5 nitrogen and oxygen atoms in total. The zero-order chi connectivity index (χ0) is 14.3. The molecule has 1 aromatic rings. The maximum absolute atomic E-state index is 5.83. The average Bonchev–Trinajstić information content (AvgIpc) is 2.44. The SMILES string of the molecule is Br.CCC(C)NC(N)=NCc1cc(OC)ccc1OC. The minimum Gasteiger partial charge on any atom is -0.497 e. The fourth-order valence-electron chi connectivity index (χ4n) is 1.58. The van der Waals surface area contributed by atoms with Crippen molar-refractivity contribution in [1.29, 1.82) is 0 Å². The minimum atomic E-state index is 0. The lowest BCUT2D eigenvalue weighted by Gasteiger charge is -2.12. The summed E-state index contributed by atoms with van der Waals surface area (Å²) in [6, 6.07) is 5.93. The first-order valence-corrected chi connectivity index (χ1v) is 6.38. The third kappa shape index (κ3) is 5.69. The fraction of sp³-hybridized carbons (Fsp3) is 0.500. The van der Waals surface area contributed by atoms with Crippen LogP contribution in [0.15, 0.2) is 23.2 Å². The highest BCUT2D eigenvalue weighted by Crippen LogP contribution is 2.24. The van der Waals surface area contributed by atoms with Crippen molar-refractivity contribution >= 4 is 22.9 Å². The van der Waals surface area contributed by atoms with E-state index >= 15 is 0 Å². The molecule has 20 heavy (non-hydrogen) atoms. The van der Waals surface area contributed by atoms with E-state index in [9.17, 15) is 0 Å². The van der Waals surface area contributed by atoms with Gasteiger partial charge in [-0.05, 0) is 31.5 Å². The summed E-state index contributed by atoms with van der Waals surface area (Å²) in [5, 5.41) is 3.12. The van der Waals surface area contributed by atoms with Gasteiger partial charge in [0.15, 0.2) is 5.96 Å². The number of rotatable bonds is 6. The van der Waals surface area contributed by atoms with Gasteiger partial charge in [-0.2, -0.15) is 0 Å². The lowest BCUT2D eigenvalue weighted by atomic mass is 10.2. The van der Waals surface area contributed by atoms with Gasteiger partial charge in [0, 0.05) is 11.6 Å². The van der Waals surface area contributed by atoms with Gasteiger partial charge < -0.3 is 20.5 Å². The van der Waals surface area contributed by atoms with Crippen LogP contribution in [0, 0.1) is 0 Å². The van der Waals surface area contributed by atoms with Crippen molar-refractivity contribution < 1.29 is 9.47 Å². The highest BCUT2D eigenvalue weighted by atomic mass is 79.9. The summed E-state index contributed by atoms with van der Waals surface area (Å²) < 4.78 is 10.5. The molecule has 3 N–H and O–H groups in total. The highest BCUT2D eigenvalue weighted by molar-refractivity contribution is 8.93. The number of hydrogen-bond donors (Lipinski definition) is 2. The molecule has 0 spiro atoms. The number of ether oxygens (including phenoxy) is 2. The van der Waals surface area contributed by atoms with E-state index in [-0.39, 0.29) is 17.0 Å². The zero-order valence-corrected chi connectivity index (χ0v) is 14.2. The van der Waals surface area contributed by atoms with E-state index in [1.807, 2.05) is 18.2 Å². The number of nitrogens with two attached hydrogens (primary N) is 1. The Morgan fingerprint density at radius 1 is 1.35 bits per heavy atom. The predicted molar refractivity (Wildman–Crippen MR) is 88.1 cm³/mol. The number of halogens is 1. The zero-order valence-electron chi connectivity index (χ0n) is 12.5. The second-order valence-corrected chi connectivity index (χ2v) is 4.33. The molecular weight excluding hydrogens is 322 g/mol. The van der Waals surface area contributed by atoms with Crippen molar-refractivity contribution in [3.8, 4) is 11.5 Å². The van der Waals surface area contributed by atoms with E-state index in [1.54, 1.807) is 14.2 Å². The molecule has 6 heteroatoms. The number of benzene rings is 1. The molecule has 0 bridgehead atoms. The van der Waals surface area contributed by atoms with Crippen LogP contribution in [-0.2, 0) is 6.54 Å². The van der Waals surface area contributed by atoms with E-state index in [4.69, 9.17) is 15.2 Å². The van der Waals surface area contributed by atoms with E-state index in [0.717, 1.165) is 23.5 Å². The van der Waals surface area contributed by atoms with Crippen LogP contribution in [0.1, 0.15) is 25.8 Å². The summed E-state index contributed by atoms with van der Waals surface area (Å²) in [5.74, 6) is 2.00. The van der Waals surface area contributed by atoms with Gasteiger partial charge >= 0.3 is 0 Å². The Hall–Kier alpha value is -1.43. The van der Waals surface area contributed by atoms with Gasteiger partial charge in [-0.1, -0.05) is 6.92 Å². The number of methoxy groups -OCH3 is 2. The summed E-state index contributed by atoms with van der Waals surface area (Å²) in [5.41, 5.74) is 6.77. The molecule has 0 heterocycles. The average molecular weight is 346 g/mol. The predicted octanol–water partition coefficient (Wildman–Crippen LogP) is 2.48. The second-order valence-electron chi connectivity index (χ2n) is 4.33. The fourth-order valence-corrected chi connectivity index (χ4v) is 1.58. The van der Waals surface area contributed by atoms with Gasteiger partial charge in [0.25, 0.3) is 0 Å². The maximum atomic E-state index is 5.83. The Balaban J connectivity index is 0.00000361. The van der Waals surface area contributed by atoms with Crippen LogP contribution >= 0.6 is 17.0 Å². The number of nitrogens with one attached hydrogen (secondary N) is 1. The lowest BCUT2D eigenvalue weighted by molar-refractivity contribution is 0.399. The minimum absolute atomic E-state index is 0. The third-order valence-corrected chi connectivity index (χ3v) is 2.91. The van der Waals surface area contributed by atoms with E-state index in [0.29, 0.717) is 18.5 Å². The first kappa shape index (κ1) is 18.6. The van der Waals surface area contributed by atoms with E-state index < -0.39 is 0 Å². The molecule has 0 saturated heterocycles. The van der Waals surface area contributed by atoms with Crippen molar-refractivity contribution in [3.05, 3.63) is 23.8 Å². The monoisotopic (exact) mass is 345 g/mol. The highest BCUT2D eigenvalue weighted by Gasteiger charge is 2.05. The lowest BCUT2D eigenvalue weighted by Crippen LogP contribution is -2.38. The molecule has 1 rings (SSSR count). The standard InChI is InChI=1S/C14H23N3O2.BrH/c1-5-10(2)17-14(15)16-9-11-8-12(18-3)6-7-13(11)19-4;/h6-8,10H,5,9H2,1-4H3,(H3,15,16,17);1H. The quantitative estimate of drug-likeness (QED) is 0.613. The molecule has 0 aliphatic rings. The molecule has 0 aliphatic carbocycles. The van der Waals surface area contributed by atoms with Crippen molar-refractivity contribution in [2.75, 3.05) is 14.2 Å². The maximum Gasteiger partial charge on any atom is 0.189 e. The number of hydrogen-bond acceptors (Lipinski definition) is 3. The van der Waals surface area contributed by atoms with Crippen molar-refractivity contribution in [1.82, 2.24) is 5.32 Å². The molecule has 0 radical (unpaired) electrons. The number of nitrogens with zero attached hydrogens (tertiary/aromatic N) is 1. The van der Waals surface area contributed by atoms with Crippen LogP contribution < -0.4 is 20.5 Å². The molecular formula is C14H24BrN3O2. The Labute approximate surface area is 131 Å². The number of aliphatic imine (C=N–C) groups is 1. The Morgan fingerprint density at radius 3 is 2.60 bits per heavy atom. The molecule has 0 amide bonds. The molecule has 1 aromatic carbocycles. The van der Waals surface area contributed by atoms with Crippen molar-refractivity contribution in [3.63, 3.8) is 0 Å². The molecule has 0 saturated carbocycles. The number of guanidine groups is 1. The molecule has 0 aromatic heterocycles. The van der Waals surface area contributed by atoms with Crippen molar-refractivity contribution in [2.24, 2.45) is 10.7 Å². The Bertz CT molecular complexity index is 438. The topological polar surface area (TPSA) is 68.9 Å². The van der Waals surface area contributed by atoms with Crippen LogP contribution in [-0.4, -0.2) is 26.2 Å². The van der Waals surface area contributed by atoms with Crippen LogP contribution in [0.25, 0.3) is 0 Å².